The van der Waals surface area contributed by atoms with Crippen LogP contribution in [-0.2, 0) is 16.1 Å². The van der Waals surface area contributed by atoms with Gasteiger partial charge in [-0.25, -0.2) is 4.99 Å². The molecule has 0 aromatic heterocycles. The lowest BCUT2D eigenvalue weighted by atomic mass is 10.2. The number of para-hydroxylation sites is 1. The number of halogens is 1. The van der Waals surface area contributed by atoms with Crippen molar-refractivity contribution in [2.24, 2.45) is 4.99 Å². The number of nitrogens with zero attached hydrogens (tertiary/aromatic N) is 2. The number of nitrogens with one attached hydrogen (secondary N) is 1. The van der Waals surface area contributed by atoms with Crippen molar-refractivity contribution in [1.29, 1.82) is 0 Å². The summed E-state index contributed by atoms with van der Waals surface area (Å²) in [5, 5.41) is 3.30. The van der Waals surface area contributed by atoms with E-state index < -0.39 is 5.25 Å². The largest absolute Gasteiger partial charge is 0.497 e. The molecule has 0 radical (unpaired) electrons. The van der Waals surface area contributed by atoms with E-state index in [4.69, 9.17) is 21.3 Å². The molecule has 0 bridgehead atoms. The van der Waals surface area contributed by atoms with E-state index in [0.29, 0.717) is 27.3 Å². The molecule has 168 valence electrons. The van der Waals surface area contributed by atoms with Crippen molar-refractivity contribution in [2.45, 2.75) is 18.2 Å². The van der Waals surface area contributed by atoms with Crippen molar-refractivity contribution in [1.82, 2.24) is 4.90 Å². The van der Waals surface area contributed by atoms with E-state index >= 15 is 0 Å². The fraction of sp³-hybridized carbons (Fsp3) is 0.160. The van der Waals surface area contributed by atoms with Crippen LogP contribution in [-0.4, -0.2) is 34.2 Å². The predicted octanol–water partition coefficient (Wildman–Crippen LogP) is 5.51. The van der Waals surface area contributed by atoms with E-state index in [2.05, 4.69) is 5.32 Å². The van der Waals surface area contributed by atoms with Crippen molar-refractivity contribution >= 4 is 51.7 Å². The average Bonchev–Trinajstić information content (AvgIpc) is 2.83. The summed E-state index contributed by atoms with van der Waals surface area (Å²) in [6.45, 7) is 0.271. The Morgan fingerprint density at radius 1 is 1.09 bits per heavy atom. The van der Waals surface area contributed by atoms with Gasteiger partial charge in [-0.2, -0.15) is 0 Å². The molecule has 1 fully saturated rings. The first-order valence-corrected chi connectivity index (χ1v) is 11.6. The first-order chi connectivity index (χ1) is 16.0. The van der Waals surface area contributed by atoms with Crippen molar-refractivity contribution in [3.8, 4) is 5.75 Å². The minimum absolute atomic E-state index is 0.0649. The Hall–Kier alpha value is -3.29. The molecule has 6 nitrogen and oxygen atoms in total. The van der Waals surface area contributed by atoms with Crippen LogP contribution in [0.4, 0.5) is 11.4 Å². The van der Waals surface area contributed by atoms with Crippen LogP contribution in [0.25, 0.3) is 0 Å². The van der Waals surface area contributed by atoms with Crippen LogP contribution in [0.5, 0.6) is 5.75 Å². The summed E-state index contributed by atoms with van der Waals surface area (Å²) in [6.07, 6.45) is 0.0649. The van der Waals surface area contributed by atoms with E-state index in [1.54, 1.807) is 42.3 Å². The normalized spacial score (nSPS) is 17.2. The van der Waals surface area contributed by atoms with Crippen LogP contribution in [0.3, 0.4) is 0 Å². The molecule has 3 aromatic carbocycles. The number of benzene rings is 3. The van der Waals surface area contributed by atoms with Gasteiger partial charge in [-0.05, 0) is 48.0 Å². The summed E-state index contributed by atoms with van der Waals surface area (Å²) < 4.78 is 5.21. The number of anilines is 1. The molecule has 4 rings (SSSR count). The summed E-state index contributed by atoms with van der Waals surface area (Å²) in [6, 6.07) is 23.8. The molecule has 3 aromatic rings. The summed E-state index contributed by atoms with van der Waals surface area (Å²) in [5.74, 6) is 0.285. The van der Waals surface area contributed by atoms with Gasteiger partial charge in [0.25, 0.3) is 0 Å². The highest BCUT2D eigenvalue weighted by Crippen LogP contribution is 2.32. The molecule has 0 aliphatic carbocycles. The van der Waals surface area contributed by atoms with Crippen molar-refractivity contribution in [3.05, 3.63) is 89.4 Å². The number of carbonyl (C=O) groups excluding carboxylic acids is 2. The number of ether oxygens (including phenoxy) is 1. The Balaban J connectivity index is 1.62. The number of carbonyl (C=O) groups is 2. The third-order valence-electron chi connectivity index (χ3n) is 5.06. The maximum atomic E-state index is 13.2. The van der Waals surface area contributed by atoms with Crippen LogP contribution in [0.2, 0.25) is 5.02 Å². The van der Waals surface area contributed by atoms with Crippen LogP contribution < -0.4 is 10.1 Å². The fourth-order valence-corrected chi connectivity index (χ4v) is 4.60. The molecule has 1 heterocycles. The third-order valence-corrected chi connectivity index (χ3v) is 6.61. The minimum atomic E-state index is -0.600. The van der Waals surface area contributed by atoms with Crippen molar-refractivity contribution in [3.63, 3.8) is 0 Å². The molecular formula is C25H22ClN3O3S. The van der Waals surface area contributed by atoms with Crippen molar-refractivity contribution < 1.29 is 14.3 Å². The van der Waals surface area contributed by atoms with Crippen LogP contribution >= 0.6 is 23.4 Å². The highest BCUT2D eigenvalue weighted by atomic mass is 35.5. The number of amides is 2. The van der Waals surface area contributed by atoms with Gasteiger partial charge in [0.2, 0.25) is 11.8 Å². The van der Waals surface area contributed by atoms with Gasteiger partial charge in [-0.15, -0.1) is 0 Å². The highest BCUT2D eigenvalue weighted by Gasteiger charge is 2.36. The quantitative estimate of drug-likeness (QED) is 0.506. The number of methoxy groups -OCH3 is 1. The minimum Gasteiger partial charge on any atom is -0.497 e. The zero-order valence-electron chi connectivity index (χ0n) is 17.9. The Morgan fingerprint density at radius 3 is 2.48 bits per heavy atom. The molecule has 1 aliphatic heterocycles. The second-order valence-corrected chi connectivity index (χ2v) is 8.91. The van der Waals surface area contributed by atoms with E-state index in [1.807, 2.05) is 48.5 Å². The first kappa shape index (κ1) is 22.9. The molecular weight excluding hydrogens is 458 g/mol. The topological polar surface area (TPSA) is 71.0 Å². The lowest BCUT2D eigenvalue weighted by Crippen LogP contribution is -2.44. The van der Waals surface area contributed by atoms with Crippen molar-refractivity contribution in [2.75, 3.05) is 12.4 Å². The van der Waals surface area contributed by atoms with Gasteiger partial charge in [0.15, 0.2) is 5.17 Å². The summed E-state index contributed by atoms with van der Waals surface area (Å²) >= 11 is 7.61. The first-order valence-electron chi connectivity index (χ1n) is 10.3. The number of hydrogen-bond donors (Lipinski definition) is 1. The number of rotatable bonds is 6. The van der Waals surface area contributed by atoms with Gasteiger partial charge in [0.05, 0.1) is 19.3 Å². The zero-order chi connectivity index (χ0) is 23.2. The smallest absolute Gasteiger partial charge is 0.238 e. The van der Waals surface area contributed by atoms with Gasteiger partial charge in [-0.3, -0.25) is 14.5 Å². The van der Waals surface area contributed by atoms with Crippen LogP contribution in [0.15, 0.2) is 83.9 Å². The molecule has 1 saturated heterocycles. The standard InChI is InChI=1S/C25H22ClN3O3S/c1-32-20-13-11-19(12-14-20)28-25-29(16-17-7-5-6-10-21(17)26)23(30)15-22(33-25)24(31)27-18-8-3-2-4-9-18/h2-14,22H,15-16H2,1H3,(H,27,31). The van der Waals surface area contributed by atoms with E-state index in [-0.39, 0.29) is 24.8 Å². The van der Waals surface area contributed by atoms with Gasteiger partial charge in [0, 0.05) is 17.1 Å². The lowest BCUT2D eigenvalue weighted by Gasteiger charge is -2.32. The Labute approximate surface area is 201 Å². The van der Waals surface area contributed by atoms with Gasteiger partial charge in [-0.1, -0.05) is 59.8 Å². The molecule has 0 spiro atoms. The Bertz CT molecular complexity index is 1170. The summed E-state index contributed by atoms with van der Waals surface area (Å²) in [7, 11) is 1.60. The molecule has 2 amide bonds. The molecule has 8 heteroatoms. The van der Waals surface area contributed by atoms with Gasteiger partial charge >= 0.3 is 0 Å². The maximum absolute atomic E-state index is 13.2. The van der Waals surface area contributed by atoms with E-state index in [0.717, 1.165) is 5.56 Å². The predicted molar refractivity (Wildman–Crippen MR) is 133 cm³/mol. The van der Waals surface area contributed by atoms with Crippen LogP contribution in [0.1, 0.15) is 12.0 Å². The van der Waals surface area contributed by atoms with Crippen LogP contribution in [0, 0.1) is 0 Å². The second-order valence-electron chi connectivity index (χ2n) is 7.33. The zero-order valence-corrected chi connectivity index (χ0v) is 19.5. The van der Waals surface area contributed by atoms with E-state index in [9.17, 15) is 9.59 Å². The highest BCUT2D eigenvalue weighted by molar-refractivity contribution is 8.15. The molecule has 1 N–H and O–H groups in total. The number of aliphatic imine (C=N–C) groups is 1. The molecule has 1 atom stereocenters. The monoisotopic (exact) mass is 479 g/mol. The third kappa shape index (κ3) is 5.74. The molecule has 33 heavy (non-hydrogen) atoms. The second kappa shape index (κ2) is 10.6. The number of hydrogen-bond acceptors (Lipinski definition) is 5. The number of thioether (sulfide) groups is 1. The number of amidine groups is 1. The molecule has 0 saturated carbocycles. The summed E-state index contributed by atoms with van der Waals surface area (Å²) in [4.78, 5) is 32.4. The SMILES string of the molecule is COc1ccc(N=C2SC(C(=O)Nc3ccccc3)CC(=O)N2Cc2ccccc2Cl)cc1. The molecule has 1 unspecified atom stereocenters. The Morgan fingerprint density at radius 2 is 1.79 bits per heavy atom. The van der Waals surface area contributed by atoms with E-state index in [1.165, 1.54) is 11.8 Å². The maximum Gasteiger partial charge on any atom is 0.238 e. The lowest BCUT2D eigenvalue weighted by molar-refractivity contribution is -0.129. The van der Waals surface area contributed by atoms with Gasteiger partial charge in [0.1, 0.15) is 11.0 Å². The average molecular weight is 480 g/mol. The van der Waals surface area contributed by atoms with Gasteiger partial charge < -0.3 is 10.1 Å². The molecule has 1 aliphatic rings. The Kier molecular flexibility index (Phi) is 7.32. The fourth-order valence-electron chi connectivity index (χ4n) is 3.31. The summed E-state index contributed by atoms with van der Waals surface area (Å²) in [5.41, 5.74) is 2.14.